The first-order valence-electron chi connectivity index (χ1n) is 11.3. The largest absolute Gasteiger partial charge is 0.377 e. The van der Waals surface area contributed by atoms with E-state index in [2.05, 4.69) is 47.4 Å². The third kappa shape index (κ3) is 3.11. The fourth-order valence-corrected chi connectivity index (χ4v) is 4.55. The predicted octanol–water partition coefficient (Wildman–Crippen LogP) is 2.46. The molecule has 34 heavy (non-hydrogen) atoms. The molecular weight excluding hydrogens is 432 g/mol. The number of imidazole rings is 2. The molecule has 11 nitrogen and oxygen atoms in total. The summed E-state index contributed by atoms with van der Waals surface area (Å²) in [6.07, 6.45) is 3.54. The van der Waals surface area contributed by atoms with Crippen LogP contribution in [-0.2, 0) is 11.8 Å². The van der Waals surface area contributed by atoms with E-state index in [9.17, 15) is 0 Å². The minimum atomic E-state index is 0.160. The van der Waals surface area contributed by atoms with Crippen molar-refractivity contribution in [1.82, 2.24) is 38.9 Å². The second kappa shape index (κ2) is 7.80. The Morgan fingerprint density at radius 1 is 1.15 bits per heavy atom. The summed E-state index contributed by atoms with van der Waals surface area (Å²) in [5, 5.41) is 7.53. The van der Waals surface area contributed by atoms with Gasteiger partial charge in [-0.2, -0.15) is 15.1 Å². The second-order valence-electron chi connectivity index (χ2n) is 8.58. The van der Waals surface area contributed by atoms with Gasteiger partial charge in [-0.3, -0.25) is 9.25 Å². The highest BCUT2D eigenvalue weighted by atomic mass is 16.5. The van der Waals surface area contributed by atoms with Crippen LogP contribution in [0.25, 0.3) is 34.0 Å². The molecule has 5 aromatic rings. The zero-order valence-electron chi connectivity index (χ0n) is 19.6. The van der Waals surface area contributed by atoms with Gasteiger partial charge >= 0.3 is 0 Å². The molecule has 0 saturated carbocycles. The van der Waals surface area contributed by atoms with E-state index in [4.69, 9.17) is 24.7 Å². The normalized spacial score (nSPS) is 16.6. The van der Waals surface area contributed by atoms with Gasteiger partial charge in [-0.05, 0) is 31.5 Å². The number of fused-ring (bicyclic) bond motifs is 2. The first kappa shape index (κ1) is 20.6. The lowest BCUT2D eigenvalue weighted by molar-refractivity contribution is 0.0986. The average molecular weight is 459 g/mol. The highest BCUT2D eigenvalue weighted by Gasteiger charge is 2.27. The van der Waals surface area contributed by atoms with Crippen molar-refractivity contribution in [2.24, 2.45) is 7.05 Å². The molecule has 0 aliphatic carbocycles. The summed E-state index contributed by atoms with van der Waals surface area (Å²) in [5.41, 5.74) is 4.41. The monoisotopic (exact) mass is 458 g/mol. The van der Waals surface area contributed by atoms with Crippen molar-refractivity contribution in [1.29, 1.82) is 0 Å². The molecule has 0 bridgehead atoms. The van der Waals surface area contributed by atoms with Crippen LogP contribution in [-0.4, -0.2) is 71.7 Å². The number of nitrogens with one attached hydrogen (secondary N) is 1. The van der Waals surface area contributed by atoms with E-state index in [-0.39, 0.29) is 6.04 Å². The molecule has 5 heterocycles. The van der Waals surface area contributed by atoms with E-state index in [0.717, 1.165) is 40.3 Å². The lowest BCUT2D eigenvalue weighted by Crippen LogP contribution is -2.44. The minimum Gasteiger partial charge on any atom is -0.377 e. The fraction of sp³-hybridized carbons (Fsp3) is 0.348. The number of rotatable bonds is 4. The lowest BCUT2D eigenvalue weighted by Gasteiger charge is -2.34. The predicted molar refractivity (Wildman–Crippen MR) is 130 cm³/mol. The summed E-state index contributed by atoms with van der Waals surface area (Å²) < 4.78 is 11.4. The maximum atomic E-state index is 5.69. The van der Waals surface area contributed by atoms with Crippen LogP contribution in [0.2, 0.25) is 0 Å². The first-order chi connectivity index (χ1) is 16.5. The Morgan fingerprint density at radius 3 is 2.79 bits per heavy atom. The van der Waals surface area contributed by atoms with E-state index < -0.39 is 0 Å². The van der Waals surface area contributed by atoms with Gasteiger partial charge in [-0.25, -0.2) is 14.5 Å². The molecule has 1 fully saturated rings. The summed E-state index contributed by atoms with van der Waals surface area (Å²) in [4.78, 5) is 21.8. The van der Waals surface area contributed by atoms with Crippen molar-refractivity contribution in [3.63, 3.8) is 0 Å². The summed E-state index contributed by atoms with van der Waals surface area (Å²) >= 11 is 0. The SMILES string of the molecule is CNc1nc2cc(C)ccc2n1-c1nc(N2CCOC[C@H]2C)c2ncn(-c3ccnn3C)c2n1. The van der Waals surface area contributed by atoms with Crippen molar-refractivity contribution in [3.8, 4) is 11.8 Å². The smallest absolute Gasteiger partial charge is 0.241 e. The van der Waals surface area contributed by atoms with Gasteiger partial charge in [0.1, 0.15) is 12.1 Å². The number of benzene rings is 1. The van der Waals surface area contributed by atoms with Gasteiger partial charge in [-0.1, -0.05) is 6.07 Å². The van der Waals surface area contributed by atoms with Gasteiger partial charge in [0.15, 0.2) is 17.0 Å². The van der Waals surface area contributed by atoms with Crippen LogP contribution in [0.4, 0.5) is 11.8 Å². The van der Waals surface area contributed by atoms with Crippen LogP contribution >= 0.6 is 0 Å². The number of aromatic nitrogens is 8. The summed E-state index contributed by atoms with van der Waals surface area (Å²) in [6, 6.07) is 8.29. The quantitative estimate of drug-likeness (QED) is 0.438. The molecule has 1 aromatic carbocycles. The molecule has 1 aliphatic rings. The highest BCUT2D eigenvalue weighted by Crippen LogP contribution is 2.31. The van der Waals surface area contributed by atoms with Crippen molar-refractivity contribution in [2.75, 3.05) is 37.0 Å². The second-order valence-corrected chi connectivity index (χ2v) is 8.58. The lowest BCUT2D eigenvalue weighted by atomic mass is 10.2. The Bertz CT molecular complexity index is 1510. The van der Waals surface area contributed by atoms with Gasteiger partial charge in [-0.15, -0.1) is 0 Å². The van der Waals surface area contributed by atoms with Gasteiger partial charge in [0.25, 0.3) is 0 Å². The number of aryl methyl sites for hydroxylation is 2. The van der Waals surface area contributed by atoms with Crippen LogP contribution in [0.5, 0.6) is 0 Å². The molecule has 6 rings (SSSR count). The molecule has 1 saturated heterocycles. The zero-order chi connectivity index (χ0) is 23.4. The van der Waals surface area contributed by atoms with Gasteiger partial charge < -0.3 is 15.0 Å². The summed E-state index contributed by atoms with van der Waals surface area (Å²) in [7, 11) is 3.76. The highest BCUT2D eigenvalue weighted by molar-refractivity contribution is 5.87. The Hall–Kier alpha value is -3.99. The Labute approximate surface area is 196 Å². The zero-order valence-corrected chi connectivity index (χ0v) is 19.6. The average Bonchev–Trinajstić information content (AvgIpc) is 3.54. The van der Waals surface area contributed by atoms with E-state index in [1.54, 1.807) is 17.2 Å². The summed E-state index contributed by atoms with van der Waals surface area (Å²) in [6.45, 7) is 6.21. The molecule has 1 aliphatic heterocycles. The maximum Gasteiger partial charge on any atom is 0.241 e. The van der Waals surface area contributed by atoms with Gasteiger partial charge in [0, 0.05) is 26.7 Å². The molecule has 1 atom stereocenters. The van der Waals surface area contributed by atoms with Crippen molar-refractivity contribution in [3.05, 3.63) is 42.4 Å². The third-order valence-corrected chi connectivity index (χ3v) is 6.28. The van der Waals surface area contributed by atoms with Crippen molar-refractivity contribution < 1.29 is 4.74 Å². The Morgan fingerprint density at radius 2 is 2.03 bits per heavy atom. The van der Waals surface area contributed by atoms with E-state index in [1.165, 1.54) is 0 Å². The van der Waals surface area contributed by atoms with Crippen LogP contribution < -0.4 is 10.2 Å². The van der Waals surface area contributed by atoms with E-state index >= 15 is 0 Å². The molecular formula is C23H26N10O. The number of ether oxygens (including phenoxy) is 1. The van der Waals surface area contributed by atoms with Crippen LogP contribution in [0.1, 0.15) is 12.5 Å². The Balaban J connectivity index is 1.66. The molecule has 0 unspecified atom stereocenters. The van der Waals surface area contributed by atoms with Crippen LogP contribution in [0.15, 0.2) is 36.8 Å². The number of hydrogen-bond donors (Lipinski definition) is 1. The molecule has 4 aromatic heterocycles. The van der Waals surface area contributed by atoms with Gasteiger partial charge in [0.05, 0.1) is 36.5 Å². The molecule has 0 amide bonds. The first-order valence-corrected chi connectivity index (χ1v) is 11.3. The molecule has 0 radical (unpaired) electrons. The van der Waals surface area contributed by atoms with Crippen LogP contribution in [0.3, 0.4) is 0 Å². The van der Waals surface area contributed by atoms with Gasteiger partial charge in [0.2, 0.25) is 11.9 Å². The van der Waals surface area contributed by atoms with E-state index in [1.807, 2.05) is 29.3 Å². The maximum absolute atomic E-state index is 5.69. The molecule has 174 valence electrons. The number of nitrogens with zero attached hydrogens (tertiary/aromatic N) is 9. The van der Waals surface area contributed by atoms with E-state index in [0.29, 0.717) is 30.8 Å². The molecule has 11 heteroatoms. The Kier molecular flexibility index (Phi) is 4.73. The summed E-state index contributed by atoms with van der Waals surface area (Å²) in [5.74, 6) is 2.86. The third-order valence-electron chi connectivity index (χ3n) is 6.28. The van der Waals surface area contributed by atoms with Crippen LogP contribution in [0, 0.1) is 6.92 Å². The number of hydrogen-bond acceptors (Lipinski definition) is 8. The standard InChI is InChI=1S/C23H26N10O/c1-14-5-6-17-16(11-14)27-22(24-3)33(17)23-28-20(31-9-10-34-12-15(31)2)19-21(29-23)32(13-25-19)18-7-8-26-30(18)4/h5-8,11,13,15H,9-10,12H2,1-4H3,(H,24,27)/t15-/m1/s1. The molecule has 1 N–H and O–H groups in total. The minimum absolute atomic E-state index is 0.160. The van der Waals surface area contributed by atoms with Crippen molar-refractivity contribution in [2.45, 2.75) is 19.9 Å². The topological polar surface area (TPSA) is 104 Å². The number of anilines is 2. The fourth-order valence-electron chi connectivity index (χ4n) is 4.55. The molecule has 0 spiro atoms. The van der Waals surface area contributed by atoms with Crippen molar-refractivity contribution >= 4 is 34.0 Å². The number of morpholine rings is 1.